The van der Waals surface area contributed by atoms with Gasteiger partial charge in [-0.1, -0.05) is 6.07 Å². The molecule has 0 aromatic carbocycles. The van der Waals surface area contributed by atoms with Crippen molar-refractivity contribution in [2.75, 3.05) is 0 Å². The number of nitrogens with two attached hydrogens (primary N) is 1. The van der Waals surface area contributed by atoms with Crippen molar-refractivity contribution in [3.63, 3.8) is 0 Å². The first-order chi connectivity index (χ1) is 9.16. The summed E-state index contributed by atoms with van der Waals surface area (Å²) in [6.45, 7) is 0.585. The molecule has 3 heterocycles. The van der Waals surface area contributed by atoms with Crippen LogP contribution >= 0.6 is 0 Å². The van der Waals surface area contributed by atoms with Crippen LogP contribution in [0, 0.1) is 0 Å². The van der Waals surface area contributed by atoms with E-state index >= 15 is 0 Å². The maximum absolute atomic E-state index is 11.3. The summed E-state index contributed by atoms with van der Waals surface area (Å²) in [4.78, 5) is 19.8. The van der Waals surface area contributed by atoms with Crippen LogP contribution in [0.5, 0.6) is 0 Å². The maximum atomic E-state index is 11.3. The van der Waals surface area contributed by atoms with Crippen molar-refractivity contribution in [1.82, 2.24) is 14.5 Å². The molecule has 0 aliphatic carbocycles. The van der Waals surface area contributed by atoms with Crippen LogP contribution in [0.1, 0.15) is 22.6 Å². The predicted molar refractivity (Wildman–Crippen MR) is 68.7 cm³/mol. The monoisotopic (exact) mass is 258 g/mol. The molecule has 1 aliphatic heterocycles. The van der Waals surface area contributed by atoms with Gasteiger partial charge in [-0.05, 0) is 25.0 Å². The number of carbonyl (C=O) groups is 1. The SMILES string of the molecule is NC1CCc2c(C(=O)O)nc(-c3ccccn3)n2C1. The van der Waals surface area contributed by atoms with E-state index in [0.29, 0.717) is 24.5 Å². The lowest BCUT2D eigenvalue weighted by atomic mass is 10.0. The van der Waals surface area contributed by atoms with Crippen LogP contribution < -0.4 is 5.73 Å². The van der Waals surface area contributed by atoms with Crippen LogP contribution in [0.25, 0.3) is 11.5 Å². The first-order valence-corrected chi connectivity index (χ1v) is 6.16. The van der Waals surface area contributed by atoms with E-state index in [9.17, 15) is 9.90 Å². The Morgan fingerprint density at radius 3 is 3.00 bits per heavy atom. The Balaban J connectivity index is 2.17. The van der Waals surface area contributed by atoms with Crippen molar-refractivity contribution < 1.29 is 9.90 Å². The fourth-order valence-corrected chi connectivity index (χ4v) is 2.45. The number of fused-ring (bicyclic) bond motifs is 1. The number of rotatable bonds is 2. The number of aromatic nitrogens is 3. The number of hydrogen-bond donors (Lipinski definition) is 2. The summed E-state index contributed by atoms with van der Waals surface area (Å²) in [6.07, 6.45) is 3.09. The van der Waals surface area contributed by atoms with Crippen molar-refractivity contribution in [3.8, 4) is 11.5 Å². The molecule has 19 heavy (non-hydrogen) atoms. The van der Waals surface area contributed by atoms with E-state index in [1.807, 2.05) is 22.8 Å². The molecule has 0 saturated heterocycles. The molecule has 1 atom stereocenters. The van der Waals surface area contributed by atoms with Gasteiger partial charge in [0.1, 0.15) is 5.69 Å². The zero-order valence-electron chi connectivity index (χ0n) is 10.3. The number of imidazole rings is 1. The minimum atomic E-state index is -0.999. The normalized spacial score (nSPS) is 18.1. The fraction of sp³-hybridized carbons (Fsp3) is 0.308. The van der Waals surface area contributed by atoms with Gasteiger partial charge in [-0.25, -0.2) is 9.78 Å². The Labute approximate surface area is 109 Å². The van der Waals surface area contributed by atoms with Crippen LogP contribution in [0.3, 0.4) is 0 Å². The molecule has 0 radical (unpaired) electrons. The third kappa shape index (κ3) is 2.00. The van der Waals surface area contributed by atoms with Crippen molar-refractivity contribution >= 4 is 5.97 Å². The van der Waals surface area contributed by atoms with E-state index in [1.165, 1.54) is 0 Å². The van der Waals surface area contributed by atoms with Crippen LogP contribution in [-0.2, 0) is 13.0 Å². The minimum Gasteiger partial charge on any atom is -0.476 e. The van der Waals surface area contributed by atoms with Gasteiger partial charge in [0, 0.05) is 18.8 Å². The molecule has 6 heteroatoms. The van der Waals surface area contributed by atoms with Crippen LogP contribution in [-0.4, -0.2) is 31.7 Å². The van der Waals surface area contributed by atoms with Gasteiger partial charge in [0.25, 0.3) is 0 Å². The van der Waals surface area contributed by atoms with Gasteiger partial charge >= 0.3 is 5.97 Å². The maximum Gasteiger partial charge on any atom is 0.356 e. The summed E-state index contributed by atoms with van der Waals surface area (Å²) >= 11 is 0. The van der Waals surface area contributed by atoms with E-state index < -0.39 is 5.97 Å². The van der Waals surface area contributed by atoms with E-state index in [4.69, 9.17) is 5.73 Å². The zero-order chi connectivity index (χ0) is 13.4. The molecule has 1 unspecified atom stereocenters. The topological polar surface area (TPSA) is 94.0 Å². The Hall–Kier alpha value is -2.21. The van der Waals surface area contributed by atoms with Gasteiger partial charge in [-0.15, -0.1) is 0 Å². The summed E-state index contributed by atoms with van der Waals surface area (Å²) in [7, 11) is 0. The van der Waals surface area contributed by atoms with Gasteiger partial charge < -0.3 is 15.4 Å². The highest BCUT2D eigenvalue weighted by molar-refractivity contribution is 5.87. The number of pyridine rings is 1. The minimum absolute atomic E-state index is 0.0332. The quantitative estimate of drug-likeness (QED) is 0.835. The van der Waals surface area contributed by atoms with E-state index in [1.54, 1.807) is 6.20 Å². The lowest BCUT2D eigenvalue weighted by Gasteiger charge is -2.22. The Bertz CT molecular complexity index is 621. The van der Waals surface area contributed by atoms with Crippen molar-refractivity contribution in [1.29, 1.82) is 0 Å². The Kier molecular flexibility index (Phi) is 2.79. The molecule has 3 N–H and O–H groups in total. The first-order valence-electron chi connectivity index (χ1n) is 6.16. The van der Waals surface area contributed by atoms with Crippen LogP contribution in [0.15, 0.2) is 24.4 Å². The third-order valence-corrected chi connectivity index (χ3v) is 3.34. The lowest BCUT2D eigenvalue weighted by Crippen LogP contribution is -2.32. The van der Waals surface area contributed by atoms with Gasteiger partial charge in [-0.3, -0.25) is 4.98 Å². The van der Waals surface area contributed by atoms with E-state index in [2.05, 4.69) is 9.97 Å². The number of nitrogens with zero attached hydrogens (tertiary/aromatic N) is 3. The molecule has 0 saturated carbocycles. The Morgan fingerprint density at radius 1 is 1.47 bits per heavy atom. The fourth-order valence-electron chi connectivity index (χ4n) is 2.45. The highest BCUT2D eigenvalue weighted by atomic mass is 16.4. The molecule has 2 aromatic rings. The van der Waals surface area contributed by atoms with Crippen LogP contribution in [0.4, 0.5) is 0 Å². The summed E-state index contributed by atoms with van der Waals surface area (Å²) in [5, 5.41) is 9.24. The molecule has 98 valence electrons. The molecule has 0 spiro atoms. The average Bonchev–Trinajstić information content (AvgIpc) is 2.78. The third-order valence-electron chi connectivity index (χ3n) is 3.34. The summed E-state index contributed by atoms with van der Waals surface area (Å²) in [6, 6.07) is 5.52. The first kappa shape index (κ1) is 11.9. The largest absolute Gasteiger partial charge is 0.476 e. The molecule has 0 bridgehead atoms. The van der Waals surface area contributed by atoms with Crippen molar-refractivity contribution in [2.24, 2.45) is 5.73 Å². The molecular formula is C13H14N4O2. The lowest BCUT2D eigenvalue weighted by molar-refractivity contribution is 0.0689. The van der Waals surface area contributed by atoms with Crippen LogP contribution in [0.2, 0.25) is 0 Å². The van der Waals surface area contributed by atoms with Crippen molar-refractivity contribution in [3.05, 3.63) is 35.8 Å². The second-order valence-electron chi connectivity index (χ2n) is 4.66. The Morgan fingerprint density at radius 2 is 2.32 bits per heavy atom. The molecule has 2 aromatic heterocycles. The molecule has 1 aliphatic rings. The summed E-state index contributed by atoms with van der Waals surface area (Å²) < 4.78 is 1.89. The van der Waals surface area contributed by atoms with E-state index in [0.717, 1.165) is 12.1 Å². The molecule has 0 fully saturated rings. The summed E-state index contributed by atoms with van der Waals surface area (Å²) in [5.74, 6) is -0.412. The smallest absolute Gasteiger partial charge is 0.356 e. The number of carboxylic acids is 1. The molecule has 6 nitrogen and oxygen atoms in total. The number of aromatic carboxylic acids is 1. The number of hydrogen-bond acceptors (Lipinski definition) is 4. The van der Waals surface area contributed by atoms with Gasteiger partial charge in [0.15, 0.2) is 11.5 Å². The number of carboxylic acid groups (broad SMARTS) is 1. The van der Waals surface area contributed by atoms with Gasteiger partial charge in [0.05, 0.1) is 5.69 Å². The highest BCUT2D eigenvalue weighted by Crippen LogP contribution is 2.26. The second kappa shape index (κ2) is 4.47. The molecular weight excluding hydrogens is 244 g/mol. The van der Waals surface area contributed by atoms with E-state index in [-0.39, 0.29) is 11.7 Å². The summed E-state index contributed by atoms with van der Waals surface area (Å²) in [5.41, 5.74) is 7.50. The standard InChI is InChI=1S/C13H14N4O2/c14-8-4-5-10-11(13(18)19)16-12(17(10)7-8)9-3-1-2-6-15-9/h1-3,6,8H,4-5,7,14H2,(H,18,19). The highest BCUT2D eigenvalue weighted by Gasteiger charge is 2.27. The van der Waals surface area contributed by atoms with Gasteiger partial charge in [0.2, 0.25) is 0 Å². The average molecular weight is 258 g/mol. The second-order valence-corrected chi connectivity index (χ2v) is 4.66. The predicted octanol–water partition coefficient (Wildman–Crippen LogP) is 0.917. The van der Waals surface area contributed by atoms with Gasteiger partial charge in [-0.2, -0.15) is 0 Å². The molecule has 3 rings (SSSR count). The zero-order valence-corrected chi connectivity index (χ0v) is 10.3. The van der Waals surface area contributed by atoms with Crippen molar-refractivity contribution in [2.45, 2.75) is 25.4 Å². The molecule has 0 amide bonds.